The van der Waals surface area contributed by atoms with E-state index in [1.54, 1.807) is 0 Å². The molecular weight excluding hydrogens is 338 g/mol. The summed E-state index contributed by atoms with van der Waals surface area (Å²) in [5.74, 6) is 0. The topological polar surface area (TPSA) is 83.5 Å². The van der Waals surface area contributed by atoms with Crippen molar-refractivity contribution in [1.29, 1.82) is 0 Å². The fourth-order valence-electron chi connectivity index (χ4n) is 2.78. The number of amides is 2. The van der Waals surface area contributed by atoms with E-state index >= 15 is 0 Å². The number of ether oxygens (including phenoxy) is 1. The van der Waals surface area contributed by atoms with Gasteiger partial charge in [-0.05, 0) is 25.8 Å². The van der Waals surface area contributed by atoms with Crippen LogP contribution in [0.15, 0.2) is 24.3 Å². The molecule has 134 valence electrons. The lowest BCUT2D eigenvalue weighted by Crippen LogP contribution is -2.53. The van der Waals surface area contributed by atoms with Crippen LogP contribution in [0.5, 0.6) is 0 Å². The first-order valence-corrected chi connectivity index (χ1v) is 9.11. The summed E-state index contributed by atoms with van der Waals surface area (Å²) in [4.78, 5) is 17.8. The quantitative estimate of drug-likeness (QED) is 0.764. The number of thiazole rings is 1. The molecule has 1 aliphatic heterocycles. The third-order valence-corrected chi connectivity index (χ3v) is 5.46. The lowest BCUT2D eigenvalue weighted by molar-refractivity contribution is 0.126. The second-order valence-electron chi connectivity index (χ2n) is 6.51. The molecule has 2 amide bonds. The van der Waals surface area contributed by atoms with Crippen LogP contribution in [0.3, 0.4) is 0 Å². The van der Waals surface area contributed by atoms with Crippen LogP contribution in [0, 0.1) is 13.8 Å². The number of aryl methyl sites for hydroxylation is 2. The monoisotopic (exact) mass is 361 g/mol. The van der Waals surface area contributed by atoms with E-state index in [1.165, 1.54) is 22.5 Å². The van der Waals surface area contributed by atoms with Crippen molar-refractivity contribution in [3.63, 3.8) is 0 Å². The molecule has 2 aromatic rings. The molecule has 0 saturated carbocycles. The van der Waals surface area contributed by atoms with Crippen LogP contribution in [-0.4, -0.2) is 41.5 Å². The number of hydrogen-bond donors (Lipinski definition) is 3. The van der Waals surface area contributed by atoms with E-state index in [9.17, 15) is 9.90 Å². The Balaban J connectivity index is 1.63. The zero-order chi connectivity index (χ0) is 17.9. The van der Waals surface area contributed by atoms with Gasteiger partial charge in [-0.1, -0.05) is 29.8 Å². The standard InChI is InChI=1S/C18H23N3O3S/c1-12-3-5-14(6-4-12)9-15-13(2)19-17(25-15)20-16(23)21-18(10-22)7-8-24-11-18/h3-6,22H,7-11H2,1-2H3,(H2,19,20,21,23). The molecule has 1 aliphatic rings. The van der Waals surface area contributed by atoms with Crippen molar-refractivity contribution in [1.82, 2.24) is 10.3 Å². The summed E-state index contributed by atoms with van der Waals surface area (Å²) >= 11 is 1.47. The maximum Gasteiger partial charge on any atom is 0.321 e. The van der Waals surface area contributed by atoms with Crippen LogP contribution in [0.4, 0.5) is 9.93 Å². The number of carbonyl (C=O) groups is 1. The minimum atomic E-state index is -0.693. The number of nitrogens with zero attached hydrogens (tertiary/aromatic N) is 1. The van der Waals surface area contributed by atoms with Gasteiger partial charge in [0.05, 0.1) is 24.4 Å². The summed E-state index contributed by atoms with van der Waals surface area (Å²) in [6, 6.07) is 8.04. The molecule has 0 aliphatic carbocycles. The lowest BCUT2D eigenvalue weighted by atomic mass is 10.0. The minimum absolute atomic E-state index is 0.143. The van der Waals surface area contributed by atoms with Crippen LogP contribution in [-0.2, 0) is 11.2 Å². The van der Waals surface area contributed by atoms with Gasteiger partial charge in [0, 0.05) is 17.9 Å². The molecule has 1 aromatic heterocycles. The van der Waals surface area contributed by atoms with Crippen LogP contribution in [0.2, 0.25) is 0 Å². The molecule has 3 N–H and O–H groups in total. The molecule has 1 fully saturated rings. The second kappa shape index (κ2) is 7.51. The van der Waals surface area contributed by atoms with E-state index in [1.807, 2.05) is 6.92 Å². The zero-order valence-electron chi connectivity index (χ0n) is 14.5. The summed E-state index contributed by atoms with van der Waals surface area (Å²) in [5.41, 5.74) is 2.68. The van der Waals surface area contributed by atoms with Gasteiger partial charge < -0.3 is 15.2 Å². The van der Waals surface area contributed by atoms with E-state index in [4.69, 9.17) is 4.74 Å². The number of carbonyl (C=O) groups excluding carboxylic acids is 1. The van der Waals surface area contributed by atoms with E-state index < -0.39 is 5.54 Å². The molecule has 1 atom stereocenters. The average Bonchev–Trinajstić information content (AvgIpc) is 3.17. The van der Waals surface area contributed by atoms with Gasteiger partial charge in [-0.2, -0.15) is 0 Å². The maximum atomic E-state index is 12.2. The first kappa shape index (κ1) is 17.8. The number of aliphatic hydroxyl groups is 1. The van der Waals surface area contributed by atoms with Crippen molar-refractivity contribution in [3.05, 3.63) is 46.0 Å². The maximum absolute atomic E-state index is 12.2. The normalized spacial score (nSPS) is 19.8. The van der Waals surface area contributed by atoms with Gasteiger partial charge >= 0.3 is 6.03 Å². The number of aromatic nitrogens is 1. The number of rotatable bonds is 5. The van der Waals surface area contributed by atoms with Crippen LogP contribution in [0.1, 0.15) is 28.1 Å². The van der Waals surface area contributed by atoms with E-state index in [0.717, 1.165) is 17.0 Å². The largest absolute Gasteiger partial charge is 0.394 e. The Labute approximate surface area is 151 Å². The molecule has 2 heterocycles. The van der Waals surface area contributed by atoms with Gasteiger partial charge in [-0.25, -0.2) is 9.78 Å². The van der Waals surface area contributed by atoms with Crippen LogP contribution >= 0.6 is 11.3 Å². The highest BCUT2D eigenvalue weighted by Crippen LogP contribution is 2.26. The molecule has 1 saturated heterocycles. The molecule has 6 nitrogen and oxygen atoms in total. The van der Waals surface area contributed by atoms with Crippen molar-refractivity contribution in [2.45, 2.75) is 32.2 Å². The van der Waals surface area contributed by atoms with Gasteiger partial charge in [0.15, 0.2) is 5.13 Å². The van der Waals surface area contributed by atoms with Gasteiger partial charge in [-0.3, -0.25) is 5.32 Å². The van der Waals surface area contributed by atoms with Crippen LogP contribution in [0.25, 0.3) is 0 Å². The highest BCUT2D eigenvalue weighted by Gasteiger charge is 2.36. The molecule has 1 unspecified atom stereocenters. The van der Waals surface area contributed by atoms with Crippen molar-refractivity contribution >= 4 is 22.5 Å². The number of anilines is 1. The fourth-order valence-corrected chi connectivity index (χ4v) is 3.77. The zero-order valence-corrected chi connectivity index (χ0v) is 15.3. The van der Waals surface area contributed by atoms with E-state index in [0.29, 0.717) is 24.8 Å². The average molecular weight is 361 g/mol. The molecular formula is C18H23N3O3S. The summed E-state index contributed by atoms with van der Waals surface area (Å²) in [5, 5.41) is 15.7. The highest BCUT2D eigenvalue weighted by molar-refractivity contribution is 7.15. The van der Waals surface area contributed by atoms with Crippen molar-refractivity contribution in [2.24, 2.45) is 0 Å². The third-order valence-electron chi connectivity index (χ3n) is 4.38. The Bertz CT molecular complexity index is 737. The Kier molecular flexibility index (Phi) is 5.36. The first-order chi connectivity index (χ1) is 12.0. The number of urea groups is 1. The molecule has 25 heavy (non-hydrogen) atoms. The number of hydrogen-bond acceptors (Lipinski definition) is 5. The smallest absolute Gasteiger partial charge is 0.321 e. The Morgan fingerprint density at radius 1 is 1.36 bits per heavy atom. The van der Waals surface area contributed by atoms with Crippen molar-refractivity contribution < 1.29 is 14.6 Å². The summed E-state index contributed by atoms with van der Waals surface area (Å²) in [6.45, 7) is 4.74. The fraction of sp³-hybridized carbons (Fsp3) is 0.444. The molecule has 7 heteroatoms. The van der Waals surface area contributed by atoms with E-state index in [2.05, 4.69) is 46.8 Å². The molecule has 1 aromatic carbocycles. The predicted molar refractivity (Wildman–Crippen MR) is 98.2 cm³/mol. The number of nitrogens with one attached hydrogen (secondary N) is 2. The SMILES string of the molecule is Cc1ccc(Cc2sc(NC(=O)NC3(CO)CCOC3)nc2C)cc1. The second-order valence-corrected chi connectivity index (χ2v) is 7.59. The number of aliphatic hydroxyl groups excluding tert-OH is 1. The van der Waals surface area contributed by atoms with Crippen LogP contribution < -0.4 is 10.6 Å². The Morgan fingerprint density at radius 2 is 2.12 bits per heavy atom. The lowest BCUT2D eigenvalue weighted by Gasteiger charge is -2.25. The highest BCUT2D eigenvalue weighted by atomic mass is 32.1. The van der Waals surface area contributed by atoms with Gasteiger partial charge in [0.25, 0.3) is 0 Å². The van der Waals surface area contributed by atoms with Gasteiger partial charge in [0.1, 0.15) is 0 Å². The van der Waals surface area contributed by atoms with Crippen molar-refractivity contribution in [3.8, 4) is 0 Å². The third kappa shape index (κ3) is 4.36. The molecule has 0 spiro atoms. The predicted octanol–water partition coefficient (Wildman–Crippen LogP) is 2.62. The van der Waals surface area contributed by atoms with Gasteiger partial charge in [0.2, 0.25) is 0 Å². The molecule has 0 radical (unpaired) electrons. The molecule has 0 bridgehead atoms. The number of benzene rings is 1. The minimum Gasteiger partial charge on any atom is -0.394 e. The summed E-state index contributed by atoms with van der Waals surface area (Å²) in [6.07, 6.45) is 1.40. The van der Waals surface area contributed by atoms with Gasteiger partial charge in [-0.15, -0.1) is 11.3 Å². The van der Waals surface area contributed by atoms with E-state index in [-0.39, 0.29) is 12.6 Å². The Morgan fingerprint density at radius 3 is 2.76 bits per heavy atom. The summed E-state index contributed by atoms with van der Waals surface area (Å²) < 4.78 is 5.28. The Hall–Kier alpha value is -1.96. The first-order valence-electron chi connectivity index (χ1n) is 8.29. The molecule has 3 rings (SSSR count). The summed E-state index contributed by atoms with van der Waals surface area (Å²) in [7, 11) is 0. The van der Waals surface area contributed by atoms with Crippen molar-refractivity contribution in [2.75, 3.05) is 25.1 Å².